The Balaban J connectivity index is 3.06. The molecule has 0 aliphatic carbocycles. The molecule has 0 amide bonds. The summed E-state index contributed by atoms with van der Waals surface area (Å²) in [6, 6.07) is 1.63. The average molecular weight is 209 g/mol. The van der Waals surface area contributed by atoms with Gasteiger partial charge in [0, 0.05) is 5.92 Å². The predicted molar refractivity (Wildman–Crippen MR) is 56.0 cm³/mol. The summed E-state index contributed by atoms with van der Waals surface area (Å²) < 4.78 is 4.56. The fourth-order valence-electron chi connectivity index (χ4n) is 1.32. The molecule has 1 N–H and O–H groups in total. The minimum Gasteiger partial charge on any atom is -0.464 e. The summed E-state index contributed by atoms with van der Waals surface area (Å²) in [6.45, 7) is 5.43. The molecule has 1 heterocycles. The van der Waals surface area contributed by atoms with Crippen LogP contribution in [0.25, 0.3) is 0 Å². The Labute approximate surface area is 88.6 Å². The first-order chi connectivity index (χ1) is 6.97. The lowest BCUT2D eigenvalue weighted by atomic mass is 10.0. The van der Waals surface area contributed by atoms with Gasteiger partial charge in [0.2, 0.25) is 0 Å². The van der Waals surface area contributed by atoms with Gasteiger partial charge in [0.1, 0.15) is 5.69 Å². The van der Waals surface area contributed by atoms with E-state index in [-0.39, 0.29) is 11.7 Å². The molecule has 0 aromatic carbocycles. The van der Waals surface area contributed by atoms with Gasteiger partial charge in [-0.3, -0.25) is 4.79 Å². The lowest BCUT2D eigenvalue weighted by Gasteiger charge is -2.02. The standard InChI is InChI=1S/C11H15NO3/c1-6(2)10(13)9-7(3)5-8(12-9)11(14)15-4/h5-6,12H,1-4H3. The number of ketones is 1. The van der Waals surface area contributed by atoms with Crippen molar-refractivity contribution in [2.75, 3.05) is 7.11 Å². The van der Waals surface area contributed by atoms with Crippen LogP contribution in [0.2, 0.25) is 0 Å². The first-order valence-electron chi connectivity index (χ1n) is 4.79. The van der Waals surface area contributed by atoms with Gasteiger partial charge in [0.25, 0.3) is 0 Å². The number of hydrogen-bond donors (Lipinski definition) is 1. The van der Waals surface area contributed by atoms with Crippen LogP contribution in [0.4, 0.5) is 0 Å². The summed E-state index contributed by atoms with van der Waals surface area (Å²) >= 11 is 0. The highest BCUT2D eigenvalue weighted by molar-refractivity contribution is 5.99. The molecule has 1 rings (SSSR count). The third-order valence-electron chi connectivity index (χ3n) is 2.19. The van der Waals surface area contributed by atoms with Crippen LogP contribution in [0.1, 0.15) is 40.4 Å². The van der Waals surface area contributed by atoms with E-state index in [1.165, 1.54) is 7.11 Å². The molecule has 0 atom stereocenters. The first kappa shape index (κ1) is 11.5. The van der Waals surface area contributed by atoms with Gasteiger partial charge in [-0.25, -0.2) is 4.79 Å². The van der Waals surface area contributed by atoms with Crippen LogP contribution in [0, 0.1) is 12.8 Å². The Morgan fingerprint density at radius 3 is 2.47 bits per heavy atom. The number of ether oxygens (including phenoxy) is 1. The highest BCUT2D eigenvalue weighted by atomic mass is 16.5. The van der Waals surface area contributed by atoms with Gasteiger partial charge in [0.15, 0.2) is 5.78 Å². The molecule has 1 aromatic rings. The predicted octanol–water partition coefficient (Wildman–Crippen LogP) is 1.95. The van der Waals surface area contributed by atoms with Crippen LogP contribution in [0.3, 0.4) is 0 Å². The van der Waals surface area contributed by atoms with E-state index in [1.807, 2.05) is 13.8 Å². The molecule has 0 fully saturated rings. The molecule has 0 radical (unpaired) electrons. The SMILES string of the molecule is COC(=O)c1cc(C)c(C(=O)C(C)C)[nH]1. The lowest BCUT2D eigenvalue weighted by molar-refractivity contribution is 0.0594. The van der Waals surface area contributed by atoms with E-state index in [0.29, 0.717) is 11.4 Å². The van der Waals surface area contributed by atoms with Crippen LogP contribution in [-0.4, -0.2) is 23.8 Å². The van der Waals surface area contributed by atoms with Gasteiger partial charge < -0.3 is 9.72 Å². The van der Waals surface area contributed by atoms with Gasteiger partial charge in [-0.1, -0.05) is 13.8 Å². The van der Waals surface area contributed by atoms with E-state index in [4.69, 9.17) is 0 Å². The number of hydrogen-bond acceptors (Lipinski definition) is 3. The third kappa shape index (κ3) is 2.26. The maximum absolute atomic E-state index is 11.7. The highest BCUT2D eigenvalue weighted by Crippen LogP contribution is 2.14. The first-order valence-corrected chi connectivity index (χ1v) is 4.79. The Morgan fingerprint density at radius 2 is 2.00 bits per heavy atom. The van der Waals surface area contributed by atoms with Crippen molar-refractivity contribution in [3.05, 3.63) is 23.0 Å². The zero-order chi connectivity index (χ0) is 11.6. The van der Waals surface area contributed by atoms with Crippen molar-refractivity contribution in [3.8, 4) is 0 Å². The Bertz CT molecular complexity index is 391. The number of carbonyl (C=O) groups excluding carboxylic acids is 2. The van der Waals surface area contributed by atoms with E-state index in [9.17, 15) is 9.59 Å². The molecule has 1 aromatic heterocycles. The normalized spacial score (nSPS) is 10.5. The van der Waals surface area contributed by atoms with E-state index in [1.54, 1.807) is 13.0 Å². The second-order valence-corrected chi connectivity index (χ2v) is 3.75. The van der Waals surface area contributed by atoms with Crippen molar-refractivity contribution in [2.45, 2.75) is 20.8 Å². The average Bonchev–Trinajstić information content (AvgIpc) is 2.57. The van der Waals surface area contributed by atoms with Crippen molar-refractivity contribution in [1.82, 2.24) is 4.98 Å². The number of rotatable bonds is 3. The number of aryl methyl sites for hydroxylation is 1. The smallest absolute Gasteiger partial charge is 0.354 e. The Hall–Kier alpha value is -1.58. The number of carbonyl (C=O) groups is 2. The van der Waals surface area contributed by atoms with Gasteiger partial charge in [-0.15, -0.1) is 0 Å². The minimum absolute atomic E-state index is 0.00246. The van der Waals surface area contributed by atoms with E-state index in [2.05, 4.69) is 9.72 Å². The fourth-order valence-corrected chi connectivity index (χ4v) is 1.32. The van der Waals surface area contributed by atoms with Crippen LogP contribution >= 0.6 is 0 Å². The molecule has 0 saturated carbocycles. The van der Waals surface area contributed by atoms with Gasteiger partial charge in [0.05, 0.1) is 12.8 Å². The number of aromatic amines is 1. The maximum Gasteiger partial charge on any atom is 0.354 e. The van der Waals surface area contributed by atoms with Crippen LogP contribution < -0.4 is 0 Å². The van der Waals surface area contributed by atoms with Crippen molar-refractivity contribution in [2.24, 2.45) is 5.92 Å². The maximum atomic E-state index is 11.7. The van der Waals surface area contributed by atoms with E-state index in [0.717, 1.165) is 5.56 Å². The van der Waals surface area contributed by atoms with Crippen molar-refractivity contribution in [3.63, 3.8) is 0 Å². The third-order valence-corrected chi connectivity index (χ3v) is 2.19. The van der Waals surface area contributed by atoms with Crippen LogP contribution in [0.5, 0.6) is 0 Å². The molecule has 15 heavy (non-hydrogen) atoms. The van der Waals surface area contributed by atoms with Gasteiger partial charge in [-0.05, 0) is 18.6 Å². The van der Waals surface area contributed by atoms with Crippen LogP contribution in [0.15, 0.2) is 6.07 Å². The number of methoxy groups -OCH3 is 1. The summed E-state index contributed by atoms with van der Waals surface area (Å²) in [5, 5.41) is 0. The summed E-state index contributed by atoms with van der Waals surface area (Å²) in [5.41, 5.74) is 1.58. The van der Waals surface area contributed by atoms with Gasteiger partial charge >= 0.3 is 5.97 Å². The molecular formula is C11H15NO3. The Kier molecular flexibility index (Phi) is 3.29. The topological polar surface area (TPSA) is 59.2 Å². The molecule has 4 nitrogen and oxygen atoms in total. The van der Waals surface area contributed by atoms with E-state index >= 15 is 0 Å². The molecule has 0 saturated heterocycles. The highest BCUT2D eigenvalue weighted by Gasteiger charge is 2.18. The number of H-pyrrole nitrogens is 1. The minimum atomic E-state index is -0.457. The number of esters is 1. The quantitative estimate of drug-likeness (QED) is 0.611. The fraction of sp³-hybridized carbons (Fsp3) is 0.455. The number of aromatic nitrogens is 1. The second-order valence-electron chi connectivity index (χ2n) is 3.75. The largest absolute Gasteiger partial charge is 0.464 e. The summed E-state index contributed by atoms with van der Waals surface area (Å²) in [6.07, 6.45) is 0. The second kappa shape index (κ2) is 4.29. The van der Waals surface area contributed by atoms with Gasteiger partial charge in [-0.2, -0.15) is 0 Å². The molecule has 0 aliphatic rings. The van der Waals surface area contributed by atoms with Crippen molar-refractivity contribution < 1.29 is 14.3 Å². The molecule has 4 heteroatoms. The van der Waals surface area contributed by atoms with Crippen molar-refractivity contribution >= 4 is 11.8 Å². The Morgan fingerprint density at radius 1 is 1.40 bits per heavy atom. The molecule has 0 spiro atoms. The summed E-state index contributed by atoms with van der Waals surface area (Å²) in [7, 11) is 1.31. The van der Waals surface area contributed by atoms with Crippen LogP contribution in [-0.2, 0) is 4.74 Å². The summed E-state index contributed by atoms with van der Waals surface area (Å²) in [4.78, 5) is 25.7. The molecule has 82 valence electrons. The molecular weight excluding hydrogens is 194 g/mol. The zero-order valence-electron chi connectivity index (χ0n) is 9.38. The molecule has 0 unspecified atom stereocenters. The van der Waals surface area contributed by atoms with E-state index < -0.39 is 5.97 Å². The monoisotopic (exact) mass is 209 g/mol. The summed E-state index contributed by atoms with van der Waals surface area (Å²) in [5.74, 6) is -0.545. The van der Waals surface area contributed by atoms with Crippen molar-refractivity contribution in [1.29, 1.82) is 0 Å². The number of nitrogens with one attached hydrogen (secondary N) is 1. The molecule has 0 bridgehead atoms. The molecule has 0 aliphatic heterocycles. The number of Topliss-reactive ketones (excluding diaryl/α,β-unsaturated/α-hetero) is 1. The zero-order valence-corrected chi connectivity index (χ0v) is 9.38. The lowest BCUT2D eigenvalue weighted by Crippen LogP contribution is -2.10.